The SMILES string of the molecule is O=C(Cn1nnc(-c2ccccc2)n1)N/N=C/c1c(Cl)nc2sccn12. The van der Waals surface area contributed by atoms with Crippen LogP contribution in [-0.4, -0.2) is 41.7 Å². The summed E-state index contributed by atoms with van der Waals surface area (Å²) in [5, 5.41) is 18.1. The standard InChI is InChI=1S/C15H11ClN8OS/c16-13-11(23-6-7-26-15(23)18-13)8-17-19-12(25)9-24-21-14(20-22-24)10-4-2-1-3-5-10/h1-8H,9H2,(H,19,25)/b17-8+. The molecule has 0 aliphatic heterocycles. The van der Waals surface area contributed by atoms with Crippen LogP contribution in [0.2, 0.25) is 5.15 Å². The summed E-state index contributed by atoms with van der Waals surface area (Å²) in [5.41, 5.74) is 3.83. The van der Waals surface area contributed by atoms with Gasteiger partial charge in [0, 0.05) is 17.1 Å². The molecule has 0 aliphatic rings. The number of rotatable bonds is 5. The van der Waals surface area contributed by atoms with E-state index in [1.807, 2.05) is 41.9 Å². The van der Waals surface area contributed by atoms with Gasteiger partial charge >= 0.3 is 0 Å². The minimum Gasteiger partial charge on any atom is -0.288 e. The second-order valence-corrected chi connectivity index (χ2v) is 6.38. The number of halogens is 1. The summed E-state index contributed by atoms with van der Waals surface area (Å²) >= 11 is 7.51. The summed E-state index contributed by atoms with van der Waals surface area (Å²) in [6, 6.07) is 9.39. The van der Waals surface area contributed by atoms with Gasteiger partial charge < -0.3 is 0 Å². The van der Waals surface area contributed by atoms with Crippen molar-refractivity contribution in [2.45, 2.75) is 6.54 Å². The zero-order chi connectivity index (χ0) is 17.9. The van der Waals surface area contributed by atoms with Gasteiger partial charge in [-0.25, -0.2) is 10.4 Å². The maximum Gasteiger partial charge on any atom is 0.263 e. The van der Waals surface area contributed by atoms with Crippen molar-refractivity contribution in [3.8, 4) is 11.4 Å². The molecule has 0 fully saturated rings. The average molecular weight is 387 g/mol. The summed E-state index contributed by atoms with van der Waals surface area (Å²) in [6.07, 6.45) is 3.27. The predicted octanol–water partition coefficient (Wildman–Crippen LogP) is 1.85. The minimum absolute atomic E-state index is 0.106. The number of hydrazone groups is 1. The molecule has 0 saturated carbocycles. The Morgan fingerprint density at radius 2 is 2.19 bits per heavy atom. The van der Waals surface area contributed by atoms with Crippen LogP contribution in [-0.2, 0) is 11.3 Å². The number of hydrogen-bond donors (Lipinski definition) is 1. The summed E-state index contributed by atoms with van der Waals surface area (Å²) in [5.74, 6) is 0.0632. The highest BCUT2D eigenvalue weighted by Gasteiger charge is 2.10. The Balaban J connectivity index is 1.39. The van der Waals surface area contributed by atoms with Crippen LogP contribution in [0.15, 0.2) is 47.0 Å². The summed E-state index contributed by atoms with van der Waals surface area (Å²) in [6.45, 7) is -0.106. The highest BCUT2D eigenvalue weighted by molar-refractivity contribution is 7.15. The van der Waals surface area contributed by atoms with Gasteiger partial charge in [0.05, 0.1) is 6.21 Å². The van der Waals surface area contributed by atoms with Crippen LogP contribution in [0.4, 0.5) is 0 Å². The number of fused-ring (bicyclic) bond motifs is 1. The lowest BCUT2D eigenvalue weighted by atomic mass is 10.2. The van der Waals surface area contributed by atoms with Gasteiger partial charge in [-0.15, -0.1) is 21.5 Å². The fourth-order valence-corrected chi connectivity index (χ4v) is 3.23. The minimum atomic E-state index is -0.388. The molecule has 1 amide bonds. The van der Waals surface area contributed by atoms with Crippen LogP contribution in [0.1, 0.15) is 5.69 Å². The van der Waals surface area contributed by atoms with E-state index in [-0.39, 0.29) is 12.5 Å². The molecule has 130 valence electrons. The Bertz CT molecular complexity index is 1080. The van der Waals surface area contributed by atoms with E-state index in [0.717, 1.165) is 10.5 Å². The lowest BCUT2D eigenvalue weighted by molar-refractivity contribution is -0.122. The first kappa shape index (κ1) is 16.4. The zero-order valence-corrected chi connectivity index (χ0v) is 14.7. The van der Waals surface area contributed by atoms with Crippen LogP contribution < -0.4 is 5.43 Å². The van der Waals surface area contributed by atoms with E-state index < -0.39 is 0 Å². The van der Waals surface area contributed by atoms with Gasteiger partial charge in [0.25, 0.3) is 5.91 Å². The second kappa shape index (κ2) is 7.02. The topological polar surface area (TPSA) is 102 Å². The highest BCUT2D eigenvalue weighted by Crippen LogP contribution is 2.19. The van der Waals surface area contributed by atoms with Crippen molar-refractivity contribution in [1.29, 1.82) is 0 Å². The number of carbonyl (C=O) groups is 1. The van der Waals surface area contributed by atoms with E-state index in [2.05, 4.69) is 30.9 Å². The first-order valence-corrected chi connectivity index (χ1v) is 8.72. The van der Waals surface area contributed by atoms with E-state index in [1.54, 1.807) is 4.40 Å². The van der Waals surface area contributed by atoms with E-state index in [4.69, 9.17) is 11.6 Å². The first-order chi connectivity index (χ1) is 12.7. The number of nitrogens with zero attached hydrogens (tertiary/aromatic N) is 7. The largest absolute Gasteiger partial charge is 0.288 e. The Hall–Kier alpha value is -3.11. The monoisotopic (exact) mass is 386 g/mol. The molecule has 26 heavy (non-hydrogen) atoms. The number of thiazole rings is 1. The Kier molecular flexibility index (Phi) is 4.42. The molecule has 0 atom stereocenters. The Labute approximate surface area is 155 Å². The molecule has 0 radical (unpaired) electrons. The van der Waals surface area contributed by atoms with Gasteiger partial charge in [-0.05, 0) is 5.21 Å². The molecule has 1 N–H and O–H groups in total. The van der Waals surface area contributed by atoms with Gasteiger partial charge in [-0.3, -0.25) is 9.20 Å². The van der Waals surface area contributed by atoms with Crippen molar-refractivity contribution < 1.29 is 4.79 Å². The molecule has 0 spiro atoms. The molecule has 1 aromatic carbocycles. The van der Waals surface area contributed by atoms with Crippen molar-refractivity contribution >= 4 is 40.0 Å². The van der Waals surface area contributed by atoms with Crippen LogP contribution >= 0.6 is 22.9 Å². The number of tetrazole rings is 1. The molecule has 4 aromatic rings. The predicted molar refractivity (Wildman–Crippen MR) is 97.1 cm³/mol. The Morgan fingerprint density at radius 1 is 1.35 bits per heavy atom. The van der Waals surface area contributed by atoms with Gasteiger partial charge in [-0.1, -0.05) is 41.9 Å². The van der Waals surface area contributed by atoms with E-state index in [9.17, 15) is 4.79 Å². The second-order valence-electron chi connectivity index (χ2n) is 5.15. The number of imidazole rings is 1. The molecule has 0 unspecified atom stereocenters. The number of nitrogens with one attached hydrogen (secondary N) is 1. The summed E-state index contributed by atoms with van der Waals surface area (Å²) in [4.78, 5) is 18.1. The maximum atomic E-state index is 12.0. The molecule has 4 rings (SSSR count). The average Bonchev–Trinajstić information content (AvgIpc) is 3.34. The fraction of sp³-hybridized carbons (Fsp3) is 0.0667. The molecular weight excluding hydrogens is 376 g/mol. The third-order valence-electron chi connectivity index (χ3n) is 3.40. The maximum absolute atomic E-state index is 12.0. The quantitative estimate of drug-likeness (QED) is 0.416. The fourth-order valence-electron chi connectivity index (χ4n) is 2.23. The van der Waals surface area contributed by atoms with Crippen molar-refractivity contribution in [2.24, 2.45) is 5.10 Å². The number of benzene rings is 1. The zero-order valence-electron chi connectivity index (χ0n) is 13.2. The van der Waals surface area contributed by atoms with E-state index in [1.165, 1.54) is 22.3 Å². The van der Waals surface area contributed by atoms with E-state index in [0.29, 0.717) is 16.7 Å². The number of hydrogen-bond acceptors (Lipinski definition) is 7. The van der Waals surface area contributed by atoms with Crippen LogP contribution in [0, 0.1) is 0 Å². The van der Waals surface area contributed by atoms with E-state index >= 15 is 0 Å². The third kappa shape index (κ3) is 3.32. The molecule has 3 heterocycles. The van der Waals surface area contributed by atoms with Gasteiger partial charge in [0.15, 0.2) is 10.1 Å². The molecule has 0 aliphatic carbocycles. The van der Waals surface area contributed by atoms with Crippen molar-refractivity contribution in [3.05, 3.63) is 52.8 Å². The highest BCUT2D eigenvalue weighted by atomic mass is 35.5. The van der Waals surface area contributed by atoms with Crippen LogP contribution in [0.5, 0.6) is 0 Å². The number of aromatic nitrogens is 6. The molecule has 0 saturated heterocycles. The summed E-state index contributed by atoms with van der Waals surface area (Å²) < 4.78 is 1.79. The smallest absolute Gasteiger partial charge is 0.263 e. The molecule has 11 heteroatoms. The van der Waals surface area contributed by atoms with Crippen molar-refractivity contribution in [2.75, 3.05) is 0 Å². The van der Waals surface area contributed by atoms with Crippen LogP contribution in [0.3, 0.4) is 0 Å². The summed E-state index contributed by atoms with van der Waals surface area (Å²) in [7, 11) is 0. The molecule has 0 bridgehead atoms. The van der Waals surface area contributed by atoms with Gasteiger partial charge in [0.2, 0.25) is 5.82 Å². The molecule has 9 nitrogen and oxygen atoms in total. The number of carbonyl (C=O) groups excluding carboxylic acids is 1. The van der Waals surface area contributed by atoms with Crippen molar-refractivity contribution in [1.82, 2.24) is 35.0 Å². The third-order valence-corrected chi connectivity index (χ3v) is 4.43. The Morgan fingerprint density at radius 3 is 3.04 bits per heavy atom. The van der Waals surface area contributed by atoms with Crippen molar-refractivity contribution in [3.63, 3.8) is 0 Å². The van der Waals surface area contributed by atoms with Gasteiger partial charge in [-0.2, -0.15) is 9.90 Å². The lowest BCUT2D eigenvalue weighted by Crippen LogP contribution is -2.24. The van der Waals surface area contributed by atoms with Crippen LogP contribution in [0.25, 0.3) is 16.3 Å². The lowest BCUT2D eigenvalue weighted by Gasteiger charge is -1.98. The normalized spacial score (nSPS) is 11.4. The number of amides is 1. The molecular formula is C15H11ClN8OS. The molecule has 3 aromatic heterocycles. The van der Waals surface area contributed by atoms with Gasteiger partial charge in [0.1, 0.15) is 12.2 Å². The first-order valence-electron chi connectivity index (χ1n) is 7.47.